The zero-order valence-electron chi connectivity index (χ0n) is 14.3. The molecule has 1 rings (SSSR count). The van der Waals surface area contributed by atoms with E-state index in [0.29, 0.717) is 12.0 Å². The minimum atomic E-state index is -1.78. The average Bonchev–Trinajstić information content (AvgIpc) is 2.56. The molecule has 0 fully saturated rings. The molecule has 0 saturated heterocycles. The van der Waals surface area contributed by atoms with E-state index in [9.17, 15) is 14.4 Å². The zero-order chi connectivity index (χ0) is 18.2. The third kappa shape index (κ3) is 4.57. The molecule has 0 radical (unpaired) electrons. The zero-order valence-corrected chi connectivity index (χ0v) is 14.3. The van der Waals surface area contributed by atoms with Gasteiger partial charge >= 0.3 is 17.9 Å². The summed E-state index contributed by atoms with van der Waals surface area (Å²) in [7, 11) is 0. The predicted molar refractivity (Wildman–Crippen MR) is 87.5 cm³/mol. The topological polar surface area (TPSA) is 89.9 Å². The van der Waals surface area contributed by atoms with E-state index < -0.39 is 23.3 Å². The van der Waals surface area contributed by atoms with Gasteiger partial charge in [-0.2, -0.15) is 0 Å². The van der Waals surface area contributed by atoms with Gasteiger partial charge in [0.1, 0.15) is 0 Å². The molecule has 6 nitrogen and oxygen atoms in total. The minimum Gasteiger partial charge on any atom is -0.481 e. The number of carbonyl (C=O) groups is 3. The maximum atomic E-state index is 12.8. The molecule has 0 aliphatic heterocycles. The Morgan fingerprint density at radius 3 is 2.25 bits per heavy atom. The third-order valence-electron chi connectivity index (χ3n) is 3.84. The SMILES string of the molecule is CCOC(=O)C(CCC(=O)O)(C(=O)OC(C)CC)c1ccccc1. The molecule has 0 aliphatic carbocycles. The number of hydrogen-bond donors (Lipinski definition) is 1. The molecule has 0 aliphatic rings. The lowest BCUT2D eigenvalue weighted by atomic mass is 9.76. The largest absolute Gasteiger partial charge is 0.481 e. The second kappa shape index (κ2) is 9.05. The number of ether oxygens (including phenoxy) is 2. The fourth-order valence-electron chi connectivity index (χ4n) is 2.31. The van der Waals surface area contributed by atoms with E-state index in [0.717, 1.165) is 0 Å². The van der Waals surface area contributed by atoms with Crippen LogP contribution in [-0.2, 0) is 29.3 Å². The second-order valence-corrected chi connectivity index (χ2v) is 5.51. The Morgan fingerprint density at radius 1 is 1.12 bits per heavy atom. The number of rotatable bonds is 9. The summed E-state index contributed by atoms with van der Waals surface area (Å²) in [5.41, 5.74) is -1.41. The first-order valence-electron chi connectivity index (χ1n) is 8.04. The number of carboxylic acids is 1. The van der Waals surface area contributed by atoms with Gasteiger partial charge in [-0.1, -0.05) is 37.3 Å². The number of benzene rings is 1. The molecule has 6 heteroatoms. The molecule has 0 bridgehead atoms. The minimum absolute atomic E-state index is 0.0805. The summed E-state index contributed by atoms with van der Waals surface area (Å²) in [4.78, 5) is 36.6. The number of aliphatic carboxylic acids is 1. The lowest BCUT2D eigenvalue weighted by Crippen LogP contribution is -2.47. The van der Waals surface area contributed by atoms with Crippen LogP contribution in [0.3, 0.4) is 0 Å². The van der Waals surface area contributed by atoms with Crippen molar-refractivity contribution in [2.24, 2.45) is 0 Å². The highest BCUT2D eigenvalue weighted by Gasteiger charge is 2.51. The van der Waals surface area contributed by atoms with Crippen molar-refractivity contribution in [1.29, 1.82) is 0 Å². The highest BCUT2D eigenvalue weighted by molar-refractivity contribution is 6.06. The first-order valence-corrected chi connectivity index (χ1v) is 8.04. The Morgan fingerprint density at radius 2 is 1.75 bits per heavy atom. The molecule has 2 unspecified atom stereocenters. The fourth-order valence-corrected chi connectivity index (χ4v) is 2.31. The van der Waals surface area contributed by atoms with Crippen LogP contribution in [0.4, 0.5) is 0 Å². The van der Waals surface area contributed by atoms with Crippen LogP contribution in [-0.4, -0.2) is 35.7 Å². The maximum Gasteiger partial charge on any atom is 0.328 e. The van der Waals surface area contributed by atoms with Crippen LogP contribution in [0.2, 0.25) is 0 Å². The van der Waals surface area contributed by atoms with Crippen molar-refractivity contribution in [2.45, 2.75) is 51.6 Å². The summed E-state index contributed by atoms with van der Waals surface area (Å²) >= 11 is 0. The third-order valence-corrected chi connectivity index (χ3v) is 3.84. The summed E-state index contributed by atoms with van der Waals surface area (Å²) in [6.07, 6.45) is -0.387. The molecule has 132 valence electrons. The molecule has 2 atom stereocenters. The Kier molecular flexibility index (Phi) is 7.42. The Hall–Kier alpha value is -2.37. The van der Waals surface area contributed by atoms with E-state index in [2.05, 4.69) is 0 Å². The lowest BCUT2D eigenvalue weighted by molar-refractivity contribution is -0.168. The Bertz CT molecular complexity index is 568. The van der Waals surface area contributed by atoms with E-state index in [1.165, 1.54) is 0 Å². The monoisotopic (exact) mass is 336 g/mol. The van der Waals surface area contributed by atoms with E-state index >= 15 is 0 Å². The predicted octanol–water partition coefficient (Wildman–Crippen LogP) is 2.69. The Balaban J connectivity index is 3.39. The highest BCUT2D eigenvalue weighted by Crippen LogP contribution is 2.33. The van der Waals surface area contributed by atoms with Gasteiger partial charge in [0.2, 0.25) is 0 Å². The fraction of sp³-hybridized carbons (Fsp3) is 0.500. The van der Waals surface area contributed by atoms with E-state index in [4.69, 9.17) is 14.6 Å². The van der Waals surface area contributed by atoms with Gasteiger partial charge in [-0.05, 0) is 32.3 Å². The Labute approximate surface area is 141 Å². The molecule has 1 aromatic carbocycles. The molecular weight excluding hydrogens is 312 g/mol. The van der Waals surface area contributed by atoms with Gasteiger partial charge in [0.05, 0.1) is 12.7 Å². The van der Waals surface area contributed by atoms with E-state index in [1.807, 2.05) is 6.92 Å². The normalized spacial score (nSPS) is 14.3. The van der Waals surface area contributed by atoms with Crippen molar-refractivity contribution in [3.63, 3.8) is 0 Å². The van der Waals surface area contributed by atoms with Crippen LogP contribution < -0.4 is 0 Å². The number of carboxylic acid groups (broad SMARTS) is 1. The molecule has 24 heavy (non-hydrogen) atoms. The molecule has 1 N–H and O–H groups in total. The van der Waals surface area contributed by atoms with Crippen LogP contribution in [0.1, 0.15) is 45.6 Å². The molecule has 1 aromatic rings. The summed E-state index contributed by atoms with van der Waals surface area (Å²) in [6.45, 7) is 5.28. The van der Waals surface area contributed by atoms with Gasteiger partial charge in [-0.15, -0.1) is 0 Å². The van der Waals surface area contributed by atoms with Gasteiger partial charge in [0, 0.05) is 6.42 Å². The molecule has 0 amide bonds. The van der Waals surface area contributed by atoms with Crippen molar-refractivity contribution in [2.75, 3.05) is 6.61 Å². The molecule has 0 saturated carbocycles. The highest BCUT2D eigenvalue weighted by atomic mass is 16.6. The molecule has 0 spiro atoms. The van der Waals surface area contributed by atoms with Gasteiger partial charge < -0.3 is 14.6 Å². The number of esters is 2. The van der Waals surface area contributed by atoms with Crippen LogP contribution in [0.5, 0.6) is 0 Å². The number of carbonyl (C=O) groups excluding carboxylic acids is 2. The summed E-state index contributed by atoms with van der Waals surface area (Å²) in [6, 6.07) is 8.32. The summed E-state index contributed by atoms with van der Waals surface area (Å²) in [5, 5.41) is 9.04. The van der Waals surface area contributed by atoms with Gasteiger partial charge in [-0.25, -0.2) is 0 Å². The van der Waals surface area contributed by atoms with Crippen molar-refractivity contribution >= 4 is 17.9 Å². The van der Waals surface area contributed by atoms with Gasteiger partial charge in [0.15, 0.2) is 5.41 Å². The molecular formula is C18H24O6. The average molecular weight is 336 g/mol. The first-order chi connectivity index (χ1) is 11.4. The second-order valence-electron chi connectivity index (χ2n) is 5.51. The summed E-state index contributed by atoms with van der Waals surface area (Å²) < 4.78 is 10.5. The molecule has 0 heterocycles. The van der Waals surface area contributed by atoms with Crippen LogP contribution in [0.15, 0.2) is 30.3 Å². The lowest BCUT2D eigenvalue weighted by Gasteiger charge is -2.30. The van der Waals surface area contributed by atoms with Crippen molar-refractivity contribution < 1.29 is 29.0 Å². The van der Waals surface area contributed by atoms with Gasteiger partial charge in [-0.3, -0.25) is 14.4 Å². The van der Waals surface area contributed by atoms with E-state index in [-0.39, 0.29) is 25.6 Å². The smallest absolute Gasteiger partial charge is 0.328 e. The maximum absolute atomic E-state index is 12.8. The van der Waals surface area contributed by atoms with Crippen molar-refractivity contribution in [3.05, 3.63) is 35.9 Å². The quantitative estimate of drug-likeness (QED) is 0.551. The van der Waals surface area contributed by atoms with Gasteiger partial charge in [0.25, 0.3) is 0 Å². The molecule has 0 aromatic heterocycles. The van der Waals surface area contributed by atoms with Crippen LogP contribution >= 0.6 is 0 Å². The van der Waals surface area contributed by atoms with E-state index in [1.54, 1.807) is 44.2 Å². The van der Waals surface area contributed by atoms with Crippen molar-refractivity contribution in [3.8, 4) is 0 Å². The van der Waals surface area contributed by atoms with Crippen molar-refractivity contribution in [1.82, 2.24) is 0 Å². The van der Waals surface area contributed by atoms with Crippen LogP contribution in [0, 0.1) is 0 Å². The van der Waals surface area contributed by atoms with Crippen LogP contribution in [0.25, 0.3) is 0 Å². The first kappa shape index (κ1) is 19.7. The standard InChI is InChI=1S/C18H24O6/c1-4-13(3)24-17(22)18(12-11-15(19)20,16(21)23-5-2)14-9-7-6-8-10-14/h6-10,13H,4-5,11-12H2,1-3H3,(H,19,20). The summed E-state index contributed by atoms with van der Waals surface area (Å²) in [5.74, 6) is -2.66. The number of hydrogen-bond acceptors (Lipinski definition) is 5.